The Balaban J connectivity index is 0. The molecule has 0 saturated carbocycles. The zero-order valence-corrected chi connectivity index (χ0v) is 19.9. The Kier molecular flexibility index (Phi) is 20.8. The van der Waals surface area contributed by atoms with E-state index in [2.05, 4.69) is 43.5 Å². The van der Waals surface area contributed by atoms with Gasteiger partial charge in [-0.25, -0.2) is 0 Å². The van der Waals surface area contributed by atoms with Crippen molar-refractivity contribution in [2.75, 3.05) is 19.3 Å². The van der Waals surface area contributed by atoms with E-state index in [0.29, 0.717) is 5.41 Å². The van der Waals surface area contributed by atoms with Crippen molar-refractivity contribution in [1.29, 1.82) is 0 Å². The molecule has 1 heterocycles. The van der Waals surface area contributed by atoms with E-state index in [9.17, 15) is 0 Å². The molecule has 3 heteroatoms. The number of benzene rings is 1. The van der Waals surface area contributed by atoms with Gasteiger partial charge in [-0.3, -0.25) is 4.31 Å². The van der Waals surface area contributed by atoms with Crippen LogP contribution in [0.5, 0.6) is 0 Å². The minimum Gasteiger partial charge on any atom is -0.405 e. The summed E-state index contributed by atoms with van der Waals surface area (Å²) in [6.07, 6.45) is 13.9. The fraction of sp³-hybridized carbons (Fsp3) is 0.667. The van der Waals surface area contributed by atoms with E-state index in [1.165, 1.54) is 63.4 Å². The molecular formula is C24H46N2S. The van der Waals surface area contributed by atoms with Gasteiger partial charge in [-0.1, -0.05) is 101 Å². The van der Waals surface area contributed by atoms with Crippen molar-refractivity contribution in [3.63, 3.8) is 0 Å². The summed E-state index contributed by atoms with van der Waals surface area (Å²) in [5, 5.41) is 0. The second kappa shape index (κ2) is 19.8. The van der Waals surface area contributed by atoms with E-state index >= 15 is 0 Å². The van der Waals surface area contributed by atoms with Crippen LogP contribution in [0.25, 0.3) is 0 Å². The highest BCUT2D eigenvalue weighted by Crippen LogP contribution is 2.40. The van der Waals surface area contributed by atoms with Gasteiger partial charge in [0.1, 0.15) is 0 Å². The van der Waals surface area contributed by atoms with E-state index in [1.54, 1.807) is 6.08 Å². The summed E-state index contributed by atoms with van der Waals surface area (Å²) in [4.78, 5) is 0. The third-order valence-corrected chi connectivity index (χ3v) is 5.87. The Morgan fingerprint density at radius 3 is 1.93 bits per heavy atom. The first-order valence-electron chi connectivity index (χ1n) is 10.7. The molecule has 0 aliphatic carbocycles. The molecule has 0 amide bonds. The first-order chi connectivity index (χ1) is 13.1. The van der Waals surface area contributed by atoms with E-state index in [4.69, 9.17) is 5.73 Å². The molecule has 0 spiro atoms. The van der Waals surface area contributed by atoms with Gasteiger partial charge in [0.25, 0.3) is 0 Å². The standard InChI is InChI=1S/C12H25NS.C7H8.C3H7N.C2H6/c1-4-6-7-12(5-2)8-10-13(14-3)11-9-12;1-7-5-3-2-4-6-7;1-2-3-4;1-2/h4-11H2,1-3H3;2-6H,1H3;2-3H,4H2,1H3;1-2H3/b;;3-2-;. The van der Waals surface area contributed by atoms with Crippen LogP contribution < -0.4 is 5.73 Å². The highest BCUT2D eigenvalue weighted by atomic mass is 32.2. The second-order valence-corrected chi connectivity index (χ2v) is 7.63. The molecule has 27 heavy (non-hydrogen) atoms. The predicted octanol–water partition coefficient (Wildman–Crippen LogP) is 7.45. The minimum absolute atomic E-state index is 0.697. The Morgan fingerprint density at radius 1 is 1.11 bits per heavy atom. The van der Waals surface area contributed by atoms with Gasteiger partial charge >= 0.3 is 0 Å². The summed E-state index contributed by atoms with van der Waals surface area (Å²) in [5.41, 5.74) is 6.87. The maximum absolute atomic E-state index is 4.85. The fourth-order valence-corrected chi connectivity index (χ4v) is 3.56. The van der Waals surface area contributed by atoms with Crippen molar-refractivity contribution in [3.05, 3.63) is 48.2 Å². The number of rotatable bonds is 5. The molecule has 0 bridgehead atoms. The van der Waals surface area contributed by atoms with Crippen LogP contribution in [-0.2, 0) is 0 Å². The highest BCUT2D eigenvalue weighted by Gasteiger charge is 2.31. The zero-order chi connectivity index (χ0) is 21.0. The normalized spacial score (nSPS) is 15.5. The van der Waals surface area contributed by atoms with Gasteiger partial charge < -0.3 is 5.73 Å². The number of allylic oxidation sites excluding steroid dienone is 1. The molecule has 158 valence electrons. The van der Waals surface area contributed by atoms with Crippen LogP contribution in [0.1, 0.15) is 78.7 Å². The third kappa shape index (κ3) is 14.8. The summed E-state index contributed by atoms with van der Waals surface area (Å²) < 4.78 is 2.51. The molecule has 1 aliphatic rings. The summed E-state index contributed by atoms with van der Waals surface area (Å²) >= 11 is 1.91. The smallest absolute Gasteiger partial charge is 0.00945 e. The first-order valence-corrected chi connectivity index (χ1v) is 11.9. The largest absolute Gasteiger partial charge is 0.405 e. The summed E-state index contributed by atoms with van der Waals surface area (Å²) in [5.74, 6) is 0. The maximum Gasteiger partial charge on any atom is 0.00945 e. The SMILES string of the molecule is C/C=C\N.CC.CCCCC1(CC)CCN(SC)CC1.Cc1ccccc1. The lowest BCUT2D eigenvalue weighted by Crippen LogP contribution is -2.36. The number of aryl methyl sites for hydroxylation is 1. The summed E-state index contributed by atoms with van der Waals surface area (Å²) in [7, 11) is 0. The molecule has 0 radical (unpaired) electrons. The number of nitrogens with zero attached hydrogens (tertiary/aromatic N) is 1. The molecule has 1 aliphatic heterocycles. The average molecular weight is 395 g/mol. The van der Waals surface area contributed by atoms with Crippen molar-refractivity contribution in [2.45, 2.75) is 80.1 Å². The minimum atomic E-state index is 0.697. The molecular weight excluding hydrogens is 348 g/mol. The van der Waals surface area contributed by atoms with Crippen molar-refractivity contribution in [2.24, 2.45) is 11.1 Å². The van der Waals surface area contributed by atoms with Gasteiger partial charge in [-0.2, -0.15) is 0 Å². The van der Waals surface area contributed by atoms with Gasteiger partial charge in [-0.15, -0.1) is 0 Å². The molecule has 1 fully saturated rings. The quantitative estimate of drug-likeness (QED) is 0.526. The fourth-order valence-electron chi connectivity index (χ4n) is 3.01. The molecule has 0 unspecified atom stereocenters. The highest BCUT2D eigenvalue weighted by molar-refractivity contribution is 7.96. The van der Waals surface area contributed by atoms with Gasteiger partial charge in [-0.05, 0) is 51.0 Å². The topological polar surface area (TPSA) is 29.3 Å². The summed E-state index contributed by atoms with van der Waals surface area (Å²) in [6.45, 7) is 15.3. The van der Waals surface area contributed by atoms with Crippen molar-refractivity contribution in [1.82, 2.24) is 4.31 Å². The van der Waals surface area contributed by atoms with Crippen LogP contribution in [0.15, 0.2) is 42.6 Å². The van der Waals surface area contributed by atoms with Crippen molar-refractivity contribution >= 4 is 11.9 Å². The molecule has 1 aromatic carbocycles. The monoisotopic (exact) mass is 394 g/mol. The van der Waals surface area contributed by atoms with Crippen LogP contribution in [0.4, 0.5) is 0 Å². The van der Waals surface area contributed by atoms with E-state index in [-0.39, 0.29) is 0 Å². The van der Waals surface area contributed by atoms with Crippen LogP contribution in [-0.4, -0.2) is 23.7 Å². The summed E-state index contributed by atoms with van der Waals surface area (Å²) in [6, 6.07) is 10.3. The second-order valence-electron chi connectivity index (χ2n) is 6.75. The number of unbranched alkanes of at least 4 members (excludes halogenated alkanes) is 1. The number of hydrogen-bond acceptors (Lipinski definition) is 3. The van der Waals surface area contributed by atoms with E-state index in [1.807, 2.05) is 50.9 Å². The Labute approximate surface area is 175 Å². The lowest BCUT2D eigenvalue weighted by Gasteiger charge is -2.40. The molecule has 2 nitrogen and oxygen atoms in total. The van der Waals surface area contributed by atoms with E-state index < -0.39 is 0 Å². The van der Waals surface area contributed by atoms with E-state index in [0.717, 1.165) is 0 Å². The van der Waals surface area contributed by atoms with Gasteiger partial charge in [0.2, 0.25) is 0 Å². The molecule has 2 rings (SSSR count). The maximum atomic E-state index is 4.85. The zero-order valence-electron chi connectivity index (χ0n) is 19.1. The van der Waals surface area contributed by atoms with Crippen LogP contribution in [0.2, 0.25) is 0 Å². The Hall–Kier alpha value is -0.930. The average Bonchev–Trinajstić information content (AvgIpc) is 2.75. The molecule has 1 aromatic rings. The molecule has 0 aromatic heterocycles. The molecule has 1 saturated heterocycles. The lowest BCUT2D eigenvalue weighted by atomic mass is 9.73. The Morgan fingerprint density at radius 2 is 1.63 bits per heavy atom. The van der Waals surface area contributed by atoms with Crippen molar-refractivity contribution in [3.8, 4) is 0 Å². The number of nitrogens with two attached hydrogens (primary N) is 1. The van der Waals surface area contributed by atoms with Crippen LogP contribution >= 0.6 is 11.9 Å². The predicted molar refractivity (Wildman–Crippen MR) is 128 cm³/mol. The van der Waals surface area contributed by atoms with Crippen LogP contribution in [0.3, 0.4) is 0 Å². The number of piperidine rings is 1. The molecule has 0 atom stereocenters. The molecule has 2 N–H and O–H groups in total. The van der Waals surface area contributed by atoms with Gasteiger partial charge in [0, 0.05) is 13.1 Å². The lowest BCUT2D eigenvalue weighted by molar-refractivity contribution is 0.137. The van der Waals surface area contributed by atoms with Crippen molar-refractivity contribution < 1.29 is 0 Å². The van der Waals surface area contributed by atoms with Gasteiger partial charge in [0.15, 0.2) is 0 Å². The van der Waals surface area contributed by atoms with Crippen LogP contribution in [0, 0.1) is 12.3 Å². The first kappa shape index (κ1) is 28.3. The number of hydrogen-bond donors (Lipinski definition) is 1. The Bertz CT molecular complexity index is 419. The third-order valence-electron chi connectivity index (χ3n) is 4.98. The van der Waals surface area contributed by atoms with Gasteiger partial charge in [0.05, 0.1) is 0 Å².